The van der Waals surface area contributed by atoms with Crippen LogP contribution in [0.3, 0.4) is 0 Å². The van der Waals surface area contributed by atoms with E-state index < -0.39 is 0 Å². The van der Waals surface area contributed by atoms with Crippen molar-refractivity contribution >= 4 is 0 Å². The highest BCUT2D eigenvalue weighted by Crippen LogP contribution is 2.58. The zero-order valence-electron chi connectivity index (χ0n) is 12.4. The van der Waals surface area contributed by atoms with Crippen molar-refractivity contribution in [3.63, 3.8) is 0 Å². The van der Waals surface area contributed by atoms with Gasteiger partial charge in [-0.1, -0.05) is 24.3 Å². The van der Waals surface area contributed by atoms with Crippen LogP contribution in [-0.4, -0.2) is 37.6 Å². The highest BCUT2D eigenvalue weighted by Gasteiger charge is 2.53. The molecular formula is C18H26N2. The SMILES string of the molecule is c1ccc2c(c1)CCN(CC1CC13CCNCC3)CC2. The number of hydrogen-bond donors (Lipinski definition) is 1. The molecule has 0 radical (unpaired) electrons. The fourth-order valence-corrected chi connectivity index (χ4v) is 4.44. The maximum Gasteiger partial charge on any atom is 0.00222 e. The van der Waals surface area contributed by atoms with Crippen LogP contribution in [0.1, 0.15) is 30.4 Å². The molecule has 20 heavy (non-hydrogen) atoms. The van der Waals surface area contributed by atoms with Gasteiger partial charge in [-0.3, -0.25) is 0 Å². The molecule has 1 aliphatic carbocycles. The zero-order valence-corrected chi connectivity index (χ0v) is 12.4. The summed E-state index contributed by atoms with van der Waals surface area (Å²) in [5, 5.41) is 3.51. The molecule has 1 aromatic carbocycles. The summed E-state index contributed by atoms with van der Waals surface area (Å²) in [4.78, 5) is 2.74. The van der Waals surface area contributed by atoms with E-state index in [0.29, 0.717) is 0 Å². The van der Waals surface area contributed by atoms with Crippen molar-refractivity contribution in [2.24, 2.45) is 11.3 Å². The highest BCUT2D eigenvalue weighted by molar-refractivity contribution is 5.28. The van der Waals surface area contributed by atoms with Crippen molar-refractivity contribution in [1.29, 1.82) is 0 Å². The fraction of sp³-hybridized carbons (Fsp3) is 0.667. The first kappa shape index (κ1) is 12.8. The fourth-order valence-electron chi connectivity index (χ4n) is 4.44. The molecule has 108 valence electrons. The average molecular weight is 270 g/mol. The van der Waals surface area contributed by atoms with Crippen molar-refractivity contribution in [3.8, 4) is 0 Å². The van der Waals surface area contributed by atoms with Crippen molar-refractivity contribution in [3.05, 3.63) is 35.4 Å². The maximum absolute atomic E-state index is 3.51. The predicted octanol–water partition coefficient (Wildman–Crippen LogP) is 2.48. The van der Waals surface area contributed by atoms with E-state index in [1.54, 1.807) is 11.1 Å². The number of piperidine rings is 1. The van der Waals surface area contributed by atoms with E-state index >= 15 is 0 Å². The smallest absolute Gasteiger partial charge is 0.00222 e. The van der Waals surface area contributed by atoms with E-state index in [1.807, 2.05) is 0 Å². The molecule has 4 rings (SSSR count). The third-order valence-electron chi connectivity index (χ3n) is 5.95. The van der Waals surface area contributed by atoms with Gasteiger partial charge >= 0.3 is 0 Å². The molecule has 1 unspecified atom stereocenters. The van der Waals surface area contributed by atoms with Crippen LogP contribution in [0.4, 0.5) is 0 Å². The average Bonchev–Trinajstić information content (AvgIpc) is 3.19. The monoisotopic (exact) mass is 270 g/mol. The molecule has 1 aromatic rings. The van der Waals surface area contributed by atoms with Gasteiger partial charge in [0.2, 0.25) is 0 Å². The van der Waals surface area contributed by atoms with Crippen molar-refractivity contribution < 1.29 is 0 Å². The second kappa shape index (κ2) is 5.16. The second-order valence-electron chi connectivity index (χ2n) is 7.08. The van der Waals surface area contributed by atoms with Crippen LogP contribution in [-0.2, 0) is 12.8 Å². The lowest BCUT2D eigenvalue weighted by atomic mass is 9.92. The molecule has 0 bridgehead atoms. The summed E-state index contributed by atoms with van der Waals surface area (Å²) >= 11 is 0. The van der Waals surface area contributed by atoms with Gasteiger partial charge in [0.05, 0.1) is 0 Å². The Balaban J connectivity index is 1.35. The maximum atomic E-state index is 3.51. The Morgan fingerprint density at radius 3 is 2.35 bits per heavy atom. The Labute approximate surface area is 122 Å². The standard InChI is InChI=1S/C18H26N2/c1-2-4-16-6-12-20(11-5-15(16)3-1)14-17-13-18(17)7-9-19-10-8-18/h1-4,17,19H,5-14H2. The first-order valence-corrected chi connectivity index (χ1v) is 8.36. The third kappa shape index (κ3) is 2.40. The Hall–Kier alpha value is -0.860. The van der Waals surface area contributed by atoms with E-state index in [2.05, 4.69) is 34.5 Å². The van der Waals surface area contributed by atoms with Gasteiger partial charge in [0, 0.05) is 19.6 Å². The molecule has 1 spiro atoms. The molecule has 2 aliphatic heterocycles. The number of nitrogens with one attached hydrogen (secondary N) is 1. The molecule has 0 aromatic heterocycles. The third-order valence-corrected chi connectivity index (χ3v) is 5.95. The first-order chi connectivity index (χ1) is 9.86. The van der Waals surface area contributed by atoms with Crippen LogP contribution in [0.25, 0.3) is 0 Å². The summed E-state index contributed by atoms with van der Waals surface area (Å²) in [6.45, 7) is 6.39. The number of hydrogen-bond acceptors (Lipinski definition) is 2. The molecule has 1 saturated carbocycles. The van der Waals surface area contributed by atoms with Crippen molar-refractivity contribution in [2.75, 3.05) is 32.7 Å². The minimum absolute atomic E-state index is 0.740. The predicted molar refractivity (Wildman–Crippen MR) is 82.9 cm³/mol. The van der Waals surface area contributed by atoms with Gasteiger partial charge in [0.25, 0.3) is 0 Å². The van der Waals surface area contributed by atoms with Crippen LogP contribution >= 0.6 is 0 Å². The molecular weight excluding hydrogens is 244 g/mol. The summed E-state index contributed by atoms with van der Waals surface area (Å²) in [7, 11) is 0. The normalized spacial score (nSPS) is 28.9. The number of rotatable bonds is 2. The zero-order chi connectivity index (χ0) is 13.4. The lowest BCUT2D eigenvalue weighted by Crippen LogP contribution is -2.33. The summed E-state index contributed by atoms with van der Waals surface area (Å²) in [6.07, 6.45) is 6.84. The molecule has 2 heterocycles. The van der Waals surface area contributed by atoms with Crippen molar-refractivity contribution in [2.45, 2.75) is 32.1 Å². The molecule has 1 atom stereocenters. The lowest BCUT2D eigenvalue weighted by Gasteiger charge is -2.26. The van der Waals surface area contributed by atoms with Gasteiger partial charge < -0.3 is 10.2 Å². The van der Waals surface area contributed by atoms with Gasteiger partial charge in [-0.05, 0) is 67.7 Å². The van der Waals surface area contributed by atoms with Crippen LogP contribution in [0, 0.1) is 11.3 Å². The summed E-state index contributed by atoms with van der Waals surface area (Å²) < 4.78 is 0. The van der Waals surface area contributed by atoms with Gasteiger partial charge in [0.1, 0.15) is 0 Å². The van der Waals surface area contributed by atoms with E-state index in [1.165, 1.54) is 64.8 Å². The summed E-state index contributed by atoms with van der Waals surface area (Å²) in [5.74, 6) is 0.991. The molecule has 3 aliphatic rings. The van der Waals surface area contributed by atoms with Gasteiger partial charge in [-0.15, -0.1) is 0 Å². The Morgan fingerprint density at radius 1 is 1.05 bits per heavy atom. The van der Waals surface area contributed by atoms with Gasteiger partial charge in [-0.25, -0.2) is 0 Å². The summed E-state index contributed by atoms with van der Waals surface area (Å²) in [5.41, 5.74) is 3.91. The van der Waals surface area contributed by atoms with Crippen molar-refractivity contribution in [1.82, 2.24) is 10.2 Å². The molecule has 0 amide bonds. The summed E-state index contributed by atoms with van der Waals surface area (Å²) in [6, 6.07) is 9.04. The van der Waals surface area contributed by atoms with Crippen LogP contribution in [0.2, 0.25) is 0 Å². The molecule has 1 N–H and O–H groups in total. The molecule has 2 heteroatoms. The topological polar surface area (TPSA) is 15.3 Å². The highest BCUT2D eigenvalue weighted by atomic mass is 15.1. The van der Waals surface area contributed by atoms with Crippen LogP contribution in [0.15, 0.2) is 24.3 Å². The largest absolute Gasteiger partial charge is 0.317 e. The lowest BCUT2D eigenvalue weighted by molar-refractivity contribution is 0.237. The minimum atomic E-state index is 0.740. The van der Waals surface area contributed by atoms with Crippen LogP contribution < -0.4 is 5.32 Å². The number of nitrogens with zero attached hydrogens (tertiary/aromatic N) is 1. The number of fused-ring (bicyclic) bond motifs is 1. The van der Waals surface area contributed by atoms with E-state index in [4.69, 9.17) is 0 Å². The van der Waals surface area contributed by atoms with E-state index in [9.17, 15) is 0 Å². The Morgan fingerprint density at radius 2 is 1.70 bits per heavy atom. The number of benzene rings is 1. The minimum Gasteiger partial charge on any atom is -0.317 e. The Kier molecular flexibility index (Phi) is 3.31. The first-order valence-electron chi connectivity index (χ1n) is 8.36. The molecule has 2 fully saturated rings. The molecule has 1 saturated heterocycles. The van der Waals surface area contributed by atoms with E-state index in [-0.39, 0.29) is 0 Å². The van der Waals surface area contributed by atoms with Gasteiger partial charge in [0.15, 0.2) is 0 Å². The quantitative estimate of drug-likeness (QED) is 0.888. The second-order valence-corrected chi connectivity index (χ2v) is 7.08. The van der Waals surface area contributed by atoms with E-state index in [0.717, 1.165) is 11.3 Å². The molecule has 2 nitrogen and oxygen atoms in total. The van der Waals surface area contributed by atoms with Gasteiger partial charge in [-0.2, -0.15) is 0 Å². The van der Waals surface area contributed by atoms with Crippen LogP contribution in [0.5, 0.6) is 0 Å². The Bertz CT molecular complexity index is 449.